The van der Waals surface area contributed by atoms with Gasteiger partial charge in [0, 0.05) is 12.6 Å². The Morgan fingerprint density at radius 1 is 1.09 bits per heavy atom. The second kappa shape index (κ2) is 7.36. The quantitative estimate of drug-likeness (QED) is 0.824. The van der Waals surface area contributed by atoms with E-state index in [2.05, 4.69) is 17.4 Å². The highest BCUT2D eigenvalue weighted by Crippen LogP contribution is 2.33. The number of carbonyl (C=O) groups excluding carboxylic acids is 1. The fraction of sp³-hybridized carbons (Fsp3) is 0.235. The summed E-state index contributed by atoms with van der Waals surface area (Å²) in [6.07, 6.45) is 0.841. The molecule has 0 aliphatic carbocycles. The van der Waals surface area contributed by atoms with Gasteiger partial charge in [-0.15, -0.1) is 0 Å². The van der Waals surface area contributed by atoms with Gasteiger partial charge in [-0.2, -0.15) is 0 Å². The highest BCUT2D eigenvalue weighted by molar-refractivity contribution is 5.99. The lowest BCUT2D eigenvalue weighted by Gasteiger charge is -2.14. The third-order valence-electron chi connectivity index (χ3n) is 3.36. The van der Waals surface area contributed by atoms with Crippen molar-refractivity contribution in [3.8, 4) is 11.5 Å². The first kappa shape index (κ1) is 15.7. The molecule has 0 spiro atoms. The van der Waals surface area contributed by atoms with Crippen molar-refractivity contribution in [1.29, 1.82) is 0 Å². The van der Waals surface area contributed by atoms with E-state index in [1.807, 2.05) is 18.2 Å². The normalized spacial score (nSPS) is 10.1. The van der Waals surface area contributed by atoms with E-state index in [-0.39, 0.29) is 0 Å². The largest absolute Gasteiger partial charge is 0.493 e. The number of nitrogens with two attached hydrogens (primary N) is 1. The molecule has 0 radical (unpaired) electrons. The Labute approximate surface area is 130 Å². The van der Waals surface area contributed by atoms with Crippen LogP contribution in [0.15, 0.2) is 42.5 Å². The van der Waals surface area contributed by atoms with Crippen LogP contribution in [-0.2, 0) is 6.42 Å². The van der Waals surface area contributed by atoms with Crippen LogP contribution >= 0.6 is 0 Å². The lowest BCUT2D eigenvalue weighted by atomic mass is 10.1. The summed E-state index contributed by atoms with van der Waals surface area (Å²) in [6, 6.07) is 13.4. The van der Waals surface area contributed by atoms with Gasteiger partial charge in [-0.3, -0.25) is 4.79 Å². The summed E-state index contributed by atoms with van der Waals surface area (Å²) >= 11 is 0. The van der Waals surface area contributed by atoms with Crippen LogP contribution in [0.2, 0.25) is 0 Å². The van der Waals surface area contributed by atoms with Crippen LogP contribution in [0.3, 0.4) is 0 Å². The molecule has 116 valence electrons. The van der Waals surface area contributed by atoms with E-state index in [0.29, 0.717) is 29.3 Å². The van der Waals surface area contributed by atoms with Gasteiger partial charge in [-0.1, -0.05) is 30.3 Å². The minimum absolute atomic E-state index is 0.380. The number of anilines is 1. The molecule has 0 aromatic heterocycles. The van der Waals surface area contributed by atoms with Crippen LogP contribution in [0.1, 0.15) is 15.9 Å². The maximum Gasteiger partial charge on any atom is 0.250 e. The Morgan fingerprint density at radius 2 is 1.73 bits per heavy atom. The number of primary amides is 1. The molecule has 0 aliphatic rings. The third-order valence-corrected chi connectivity index (χ3v) is 3.36. The first-order valence-electron chi connectivity index (χ1n) is 6.99. The van der Waals surface area contributed by atoms with Crippen molar-refractivity contribution in [3.05, 3.63) is 53.6 Å². The molecular weight excluding hydrogens is 280 g/mol. The highest BCUT2D eigenvalue weighted by Gasteiger charge is 2.14. The Kier molecular flexibility index (Phi) is 5.25. The van der Waals surface area contributed by atoms with E-state index >= 15 is 0 Å². The summed E-state index contributed by atoms with van der Waals surface area (Å²) in [5, 5.41) is 3.23. The summed E-state index contributed by atoms with van der Waals surface area (Å²) in [6.45, 7) is 0.680. The number of methoxy groups -OCH3 is 2. The molecule has 0 saturated carbocycles. The molecule has 2 rings (SSSR count). The fourth-order valence-corrected chi connectivity index (χ4v) is 2.22. The van der Waals surface area contributed by atoms with Gasteiger partial charge in [0.1, 0.15) is 0 Å². The second-order valence-corrected chi connectivity index (χ2v) is 4.78. The van der Waals surface area contributed by atoms with Gasteiger partial charge >= 0.3 is 0 Å². The molecule has 0 unspecified atom stereocenters. The predicted octanol–water partition coefficient (Wildman–Crippen LogP) is 2.46. The van der Waals surface area contributed by atoms with Gasteiger partial charge in [0.05, 0.1) is 25.5 Å². The standard InChI is InChI=1S/C17H20N2O3/c1-21-15-10-13(17(18)20)14(11-16(15)22-2)19-9-8-12-6-4-3-5-7-12/h3-7,10-11,19H,8-9H2,1-2H3,(H2,18,20). The average molecular weight is 300 g/mol. The van der Waals surface area contributed by atoms with Crippen molar-refractivity contribution in [1.82, 2.24) is 0 Å². The fourth-order valence-electron chi connectivity index (χ4n) is 2.22. The summed E-state index contributed by atoms with van der Waals surface area (Å²) in [5.41, 5.74) is 7.68. The zero-order valence-corrected chi connectivity index (χ0v) is 12.8. The van der Waals surface area contributed by atoms with Crippen molar-refractivity contribution in [2.24, 2.45) is 5.73 Å². The van der Waals surface area contributed by atoms with Crippen LogP contribution in [0.25, 0.3) is 0 Å². The van der Waals surface area contributed by atoms with E-state index in [0.717, 1.165) is 6.42 Å². The summed E-state index contributed by atoms with van der Waals surface area (Å²) in [5.74, 6) is 0.516. The van der Waals surface area contributed by atoms with Crippen LogP contribution in [0.4, 0.5) is 5.69 Å². The van der Waals surface area contributed by atoms with Gasteiger partial charge in [0.25, 0.3) is 5.91 Å². The van der Waals surface area contributed by atoms with E-state index in [1.54, 1.807) is 19.2 Å². The maximum absolute atomic E-state index is 11.6. The van der Waals surface area contributed by atoms with E-state index in [1.165, 1.54) is 12.7 Å². The summed E-state index contributed by atoms with van der Waals surface area (Å²) in [4.78, 5) is 11.6. The molecule has 3 N–H and O–H groups in total. The maximum atomic E-state index is 11.6. The molecule has 0 bridgehead atoms. The molecule has 5 heteroatoms. The molecule has 22 heavy (non-hydrogen) atoms. The molecule has 1 amide bonds. The lowest BCUT2D eigenvalue weighted by molar-refractivity contribution is 0.100. The first-order chi connectivity index (χ1) is 10.7. The molecule has 5 nitrogen and oxygen atoms in total. The molecule has 0 saturated heterocycles. The van der Waals surface area contributed by atoms with E-state index < -0.39 is 5.91 Å². The Balaban J connectivity index is 2.16. The lowest BCUT2D eigenvalue weighted by Crippen LogP contribution is -2.16. The van der Waals surface area contributed by atoms with E-state index in [4.69, 9.17) is 15.2 Å². The molecular formula is C17H20N2O3. The molecule has 2 aromatic rings. The Hall–Kier alpha value is -2.69. The SMILES string of the molecule is COc1cc(NCCc2ccccc2)c(C(N)=O)cc1OC. The number of ether oxygens (including phenoxy) is 2. The highest BCUT2D eigenvalue weighted by atomic mass is 16.5. The Morgan fingerprint density at radius 3 is 2.32 bits per heavy atom. The summed E-state index contributed by atoms with van der Waals surface area (Å²) < 4.78 is 10.5. The molecule has 0 aliphatic heterocycles. The van der Waals surface area contributed by atoms with Crippen LogP contribution < -0.4 is 20.5 Å². The molecule has 0 atom stereocenters. The van der Waals surface area contributed by atoms with Gasteiger partial charge in [0.2, 0.25) is 0 Å². The minimum atomic E-state index is -0.511. The van der Waals surface area contributed by atoms with Gasteiger partial charge < -0.3 is 20.5 Å². The topological polar surface area (TPSA) is 73.6 Å². The number of hydrogen-bond donors (Lipinski definition) is 2. The molecule has 0 fully saturated rings. The monoisotopic (exact) mass is 300 g/mol. The van der Waals surface area contributed by atoms with Crippen molar-refractivity contribution in [2.75, 3.05) is 26.1 Å². The zero-order valence-electron chi connectivity index (χ0n) is 12.8. The Bertz CT molecular complexity index is 642. The first-order valence-corrected chi connectivity index (χ1v) is 6.99. The van der Waals surface area contributed by atoms with Crippen molar-refractivity contribution < 1.29 is 14.3 Å². The number of amides is 1. The van der Waals surface area contributed by atoms with Crippen molar-refractivity contribution in [2.45, 2.75) is 6.42 Å². The van der Waals surface area contributed by atoms with Gasteiger partial charge in [-0.25, -0.2) is 0 Å². The number of carbonyl (C=O) groups is 1. The molecule has 2 aromatic carbocycles. The van der Waals surface area contributed by atoms with Gasteiger partial charge in [0.15, 0.2) is 11.5 Å². The number of rotatable bonds is 7. The van der Waals surface area contributed by atoms with Crippen molar-refractivity contribution in [3.63, 3.8) is 0 Å². The van der Waals surface area contributed by atoms with Crippen LogP contribution in [0, 0.1) is 0 Å². The van der Waals surface area contributed by atoms with E-state index in [9.17, 15) is 4.79 Å². The number of benzene rings is 2. The van der Waals surface area contributed by atoms with Crippen molar-refractivity contribution >= 4 is 11.6 Å². The zero-order chi connectivity index (χ0) is 15.9. The molecule has 0 heterocycles. The minimum Gasteiger partial charge on any atom is -0.493 e. The number of nitrogens with one attached hydrogen (secondary N) is 1. The third kappa shape index (κ3) is 3.69. The van der Waals surface area contributed by atoms with Crippen LogP contribution in [-0.4, -0.2) is 26.7 Å². The van der Waals surface area contributed by atoms with Gasteiger partial charge in [-0.05, 0) is 18.1 Å². The second-order valence-electron chi connectivity index (χ2n) is 4.78. The predicted molar refractivity (Wildman–Crippen MR) is 86.7 cm³/mol. The average Bonchev–Trinajstić information content (AvgIpc) is 2.55. The smallest absolute Gasteiger partial charge is 0.250 e. The van der Waals surface area contributed by atoms with Crippen LogP contribution in [0.5, 0.6) is 11.5 Å². The number of hydrogen-bond acceptors (Lipinski definition) is 4. The summed E-state index contributed by atoms with van der Waals surface area (Å²) in [7, 11) is 3.07.